The average Bonchev–Trinajstić information content (AvgIpc) is 3.13. The minimum absolute atomic E-state index is 0.174. The third-order valence-corrected chi connectivity index (χ3v) is 6.26. The molecular formula is C22H34ClN3O2. The first-order chi connectivity index (χ1) is 13.7. The van der Waals surface area contributed by atoms with Crippen LogP contribution in [0.3, 0.4) is 0 Å². The Hall–Kier alpha value is -1.30. The minimum Gasteiger partial charge on any atom is -0.382 e. The van der Waals surface area contributed by atoms with Crippen LogP contribution in [0.5, 0.6) is 0 Å². The number of halogens is 1. The summed E-state index contributed by atoms with van der Waals surface area (Å²) < 4.78 is 10.8. The van der Waals surface area contributed by atoms with Crippen molar-refractivity contribution < 1.29 is 9.47 Å². The summed E-state index contributed by atoms with van der Waals surface area (Å²) >= 11 is 6.08. The second-order valence-corrected chi connectivity index (χ2v) is 8.42. The van der Waals surface area contributed by atoms with Gasteiger partial charge in [-0.2, -0.15) is 0 Å². The van der Waals surface area contributed by atoms with Crippen LogP contribution in [0.1, 0.15) is 38.2 Å². The van der Waals surface area contributed by atoms with Crippen molar-refractivity contribution >= 4 is 17.6 Å². The predicted molar refractivity (Wildman–Crippen MR) is 115 cm³/mol. The number of likely N-dealkylation sites (tertiary alicyclic amines) is 1. The quantitative estimate of drug-likeness (QED) is 0.385. The molecule has 1 unspecified atom stereocenters. The van der Waals surface area contributed by atoms with Crippen LogP contribution in [-0.2, 0) is 14.9 Å². The number of guanidine groups is 1. The van der Waals surface area contributed by atoms with Crippen molar-refractivity contribution in [2.45, 2.75) is 38.0 Å². The number of ether oxygens (including phenoxy) is 2. The van der Waals surface area contributed by atoms with E-state index in [0.717, 1.165) is 50.2 Å². The number of nitrogens with zero attached hydrogens (tertiary/aromatic N) is 2. The molecule has 1 saturated heterocycles. The molecule has 1 aliphatic carbocycles. The van der Waals surface area contributed by atoms with Crippen molar-refractivity contribution in [2.24, 2.45) is 10.9 Å². The van der Waals surface area contributed by atoms with Crippen molar-refractivity contribution in [1.29, 1.82) is 0 Å². The monoisotopic (exact) mass is 407 g/mol. The second kappa shape index (κ2) is 10.5. The highest BCUT2D eigenvalue weighted by Crippen LogP contribution is 2.44. The Morgan fingerprint density at radius 2 is 2.07 bits per heavy atom. The molecule has 0 amide bonds. The standard InChI is InChI=1S/C22H34ClN3O2/c1-3-24-21(26-12-9-18(15-26)16-28-14-13-27-2)25-17-22(10-4-11-22)19-5-7-20(23)8-6-19/h5-8,18H,3-4,9-17H2,1-2H3,(H,24,25). The van der Waals surface area contributed by atoms with Gasteiger partial charge >= 0.3 is 0 Å². The van der Waals surface area contributed by atoms with Crippen LogP contribution in [-0.4, -0.2) is 64.0 Å². The lowest BCUT2D eigenvalue weighted by Crippen LogP contribution is -2.43. The van der Waals surface area contributed by atoms with E-state index in [-0.39, 0.29) is 5.41 Å². The zero-order chi connectivity index (χ0) is 19.8. The van der Waals surface area contributed by atoms with E-state index < -0.39 is 0 Å². The van der Waals surface area contributed by atoms with E-state index in [1.54, 1.807) is 7.11 Å². The van der Waals surface area contributed by atoms with E-state index in [2.05, 4.69) is 29.3 Å². The largest absolute Gasteiger partial charge is 0.382 e. The highest BCUT2D eigenvalue weighted by Gasteiger charge is 2.39. The van der Waals surface area contributed by atoms with E-state index in [4.69, 9.17) is 26.1 Å². The van der Waals surface area contributed by atoms with Gasteiger partial charge in [0.2, 0.25) is 0 Å². The summed E-state index contributed by atoms with van der Waals surface area (Å²) in [4.78, 5) is 7.46. The van der Waals surface area contributed by atoms with Gasteiger partial charge in [-0.05, 0) is 43.9 Å². The molecule has 0 bridgehead atoms. The van der Waals surface area contributed by atoms with Crippen LogP contribution in [0, 0.1) is 5.92 Å². The first-order valence-corrected chi connectivity index (χ1v) is 10.9. The van der Waals surface area contributed by atoms with Gasteiger partial charge in [0, 0.05) is 43.1 Å². The van der Waals surface area contributed by atoms with Gasteiger partial charge in [-0.25, -0.2) is 0 Å². The number of hydrogen-bond acceptors (Lipinski definition) is 3. The molecule has 5 nitrogen and oxygen atoms in total. The van der Waals surface area contributed by atoms with Crippen LogP contribution in [0.2, 0.25) is 5.02 Å². The Bertz CT molecular complexity index is 631. The van der Waals surface area contributed by atoms with Crippen LogP contribution in [0.15, 0.2) is 29.3 Å². The number of aliphatic imine (C=N–C) groups is 1. The first kappa shape index (κ1) is 21.4. The highest BCUT2D eigenvalue weighted by atomic mass is 35.5. The predicted octanol–water partition coefficient (Wildman–Crippen LogP) is 3.71. The van der Waals surface area contributed by atoms with E-state index in [1.165, 1.54) is 24.8 Å². The molecule has 1 atom stereocenters. The lowest BCUT2D eigenvalue weighted by Gasteiger charge is -2.41. The lowest BCUT2D eigenvalue weighted by atomic mass is 9.64. The maximum absolute atomic E-state index is 6.08. The molecule has 1 aromatic rings. The summed E-state index contributed by atoms with van der Waals surface area (Å²) in [5.41, 5.74) is 1.54. The van der Waals surface area contributed by atoms with Gasteiger partial charge in [-0.15, -0.1) is 0 Å². The molecule has 28 heavy (non-hydrogen) atoms. The fourth-order valence-corrected chi connectivity index (χ4v) is 4.28. The normalized spacial score (nSPS) is 21.6. The lowest BCUT2D eigenvalue weighted by molar-refractivity contribution is 0.0536. The number of hydrogen-bond donors (Lipinski definition) is 1. The summed E-state index contributed by atoms with van der Waals surface area (Å²) in [6.07, 6.45) is 4.83. The SMILES string of the molecule is CCNC(=NCC1(c2ccc(Cl)cc2)CCC1)N1CCC(COCCOC)C1. The maximum atomic E-state index is 6.08. The fraction of sp³-hybridized carbons (Fsp3) is 0.682. The topological polar surface area (TPSA) is 46.1 Å². The fourth-order valence-electron chi connectivity index (χ4n) is 4.15. The van der Waals surface area contributed by atoms with Crippen LogP contribution >= 0.6 is 11.6 Å². The molecule has 0 aromatic heterocycles. The Balaban J connectivity index is 1.60. The molecule has 1 aromatic carbocycles. The molecule has 3 rings (SSSR count). The molecule has 1 heterocycles. The van der Waals surface area contributed by atoms with Crippen molar-refractivity contribution in [2.75, 3.05) is 53.1 Å². The summed E-state index contributed by atoms with van der Waals surface area (Å²) in [5, 5.41) is 4.29. The summed E-state index contributed by atoms with van der Waals surface area (Å²) in [6.45, 7) is 8.03. The second-order valence-electron chi connectivity index (χ2n) is 7.98. The van der Waals surface area contributed by atoms with Crippen molar-refractivity contribution in [3.8, 4) is 0 Å². The van der Waals surface area contributed by atoms with Crippen molar-refractivity contribution in [3.05, 3.63) is 34.9 Å². The maximum Gasteiger partial charge on any atom is 0.193 e. The summed E-state index contributed by atoms with van der Waals surface area (Å²) in [5.74, 6) is 1.61. The number of nitrogens with one attached hydrogen (secondary N) is 1. The average molecular weight is 408 g/mol. The van der Waals surface area contributed by atoms with Gasteiger partial charge < -0.3 is 19.7 Å². The molecule has 2 aliphatic rings. The summed E-state index contributed by atoms with van der Waals surface area (Å²) in [7, 11) is 1.71. The van der Waals surface area contributed by atoms with Crippen molar-refractivity contribution in [1.82, 2.24) is 10.2 Å². The first-order valence-electron chi connectivity index (χ1n) is 10.5. The molecule has 1 aliphatic heterocycles. The Morgan fingerprint density at radius 1 is 1.29 bits per heavy atom. The Morgan fingerprint density at radius 3 is 2.71 bits per heavy atom. The van der Waals surface area contributed by atoms with Crippen LogP contribution in [0.4, 0.5) is 0 Å². The molecule has 1 N–H and O–H groups in total. The number of rotatable bonds is 9. The summed E-state index contributed by atoms with van der Waals surface area (Å²) in [6, 6.07) is 8.35. The van der Waals surface area contributed by atoms with E-state index in [1.807, 2.05) is 12.1 Å². The van der Waals surface area contributed by atoms with Crippen LogP contribution < -0.4 is 5.32 Å². The molecular weight excluding hydrogens is 374 g/mol. The molecule has 156 valence electrons. The van der Waals surface area contributed by atoms with Gasteiger partial charge in [-0.3, -0.25) is 4.99 Å². The van der Waals surface area contributed by atoms with Crippen molar-refractivity contribution in [3.63, 3.8) is 0 Å². The zero-order valence-corrected chi connectivity index (χ0v) is 18.0. The smallest absolute Gasteiger partial charge is 0.193 e. The molecule has 0 radical (unpaired) electrons. The van der Waals surface area contributed by atoms with Crippen LogP contribution in [0.25, 0.3) is 0 Å². The number of methoxy groups -OCH3 is 1. The molecule has 2 fully saturated rings. The Labute approximate surface area is 174 Å². The van der Waals surface area contributed by atoms with Gasteiger partial charge in [0.05, 0.1) is 26.4 Å². The third kappa shape index (κ3) is 5.40. The van der Waals surface area contributed by atoms with E-state index in [0.29, 0.717) is 19.1 Å². The van der Waals surface area contributed by atoms with E-state index >= 15 is 0 Å². The zero-order valence-electron chi connectivity index (χ0n) is 17.3. The van der Waals surface area contributed by atoms with Gasteiger partial charge in [0.25, 0.3) is 0 Å². The molecule has 1 saturated carbocycles. The van der Waals surface area contributed by atoms with Gasteiger partial charge in [-0.1, -0.05) is 30.2 Å². The molecule has 6 heteroatoms. The van der Waals surface area contributed by atoms with Gasteiger partial charge in [0.1, 0.15) is 0 Å². The number of benzene rings is 1. The van der Waals surface area contributed by atoms with Gasteiger partial charge in [0.15, 0.2) is 5.96 Å². The Kier molecular flexibility index (Phi) is 8.00. The molecule has 0 spiro atoms. The van der Waals surface area contributed by atoms with E-state index in [9.17, 15) is 0 Å². The third-order valence-electron chi connectivity index (χ3n) is 6.00. The minimum atomic E-state index is 0.174. The highest BCUT2D eigenvalue weighted by molar-refractivity contribution is 6.30.